The Morgan fingerprint density at radius 2 is 1.68 bits per heavy atom. The van der Waals surface area contributed by atoms with Crippen LogP contribution >= 0.6 is 11.8 Å². The summed E-state index contributed by atoms with van der Waals surface area (Å²) < 4.78 is 39.2. The maximum Gasteiger partial charge on any atom is 0.248 e. The Hall–Kier alpha value is -2.21. The smallest absolute Gasteiger partial charge is 0.248 e. The highest BCUT2D eigenvalue weighted by atomic mass is 32.2. The Bertz CT molecular complexity index is 714. The predicted octanol–water partition coefficient (Wildman–Crippen LogP) is 4.48. The van der Waals surface area contributed by atoms with Crippen molar-refractivity contribution in [3.63, 3.8) is 0 Å². The van der Waals surface area contributed by atoms with Crippen molar-refractivity contribution < 1.29 is 18.0 Å². The molecule has 0 aliphatic heterocycles. The summed E-state index contributed by atoms with van der Waals surface area (Å²) in [4.78, 5) is 12.8. The molecule has 0 aliphatic carbocycles. The van der Waals surface area contributed by atoms with Gasteiger partial charge in [-0.3, -0.25) is 4.79 Å². The molecule has 2 nitrogen and oxygen atoms in total. The van der Waals surface area contributed by atoms with E-state index in [1.807, 2.05) is 30.5 Å². The molecule has 1 amide bonds. The zero-order valence-corrected chi connectivity index (χ0v) is 12.4. The summed E-state index contributed by atoms with van der Waals surface area (Å²) in [6, 6.07) is 8.44. The maximum atomic E-state index is 13.4. The molecule has 114 valence electrons. The summed E-state index contributed by atoms with van der Waals surface area (Å²) in [5.41, 5.74) is 0.380. The number of hydrogen-bond acceptors (Lipinski definition) is 2. The molecule has 0 fully saturated rings. The first-order valence-electron chi connectivity index (χ1n) is 6.27. The van der Waals surface area contributed by atoms with Gasteiger partial charge < -0.3 is 5.32 Å². The number of carbonyl (C=O) groups excluding carboxylic acids is 1. The molecule has 2 aromatic rings. The number of benzene rings is 2. The minimum atomic E-state index is -1.31. The van der Waals surface area contributed by atoms with Crippen LogP contribution in [-0.4, -0.2) is 12.2 Å². The van der Waals surface area contributed by atoms with Crippen molar-refractivity contribution >= 4 is 29.4 Å². The standard InChI is InChI=1S/C16H12F3NOS/c1-22-11-5-2-10(3-6-11)4-7-16(21)20-15-9-13(18)12(17)8-14(15)19/h2-9H,1H3,(H,20,21)/b7-4+. The number of thioether (sulfide) groups is 1. The number of halogens is 3. The van der Waals surface area contributed by atoms with Gasteiger partial charge in [0.2, 0.25) is 5.91 Å². The predicted molar refractivity (Wildman–Crippen MR) is 82.2 cm³/mol. The molecule has 0 heterocycles. The molecule has 2 aromatic carbocycles. The third-order valence-corrected chi connectivity index (χ3v) is 3.55. The van der Waals surface area contributed by atoms with Gasteiger partial charge in [-0.1, -0.05) is 12.1 Å². The molecule has 6 heteroatoms. The Morgan fingerprint density at radius 1 is 1.05 bits per heavy atom. The van der Waals surface area contributed by atoms with Crippen LogP contribution < -0.4 is 5.32 Å². The highest BCUT2D eigenvalue weighted by molar-refractivity contribution is 7.98. The van der Waals surface area contributed by atoms with E-state index in [0.717, 1.165) is 10.5 Å². The van der Waals surface area contributed by atoms with Gasteiger partial charge in [-0.15, -0.1) is 11.8 Å². The van der Waals surface area contributed by atoms with Gasteiger partial charge in [-0.2, -0.15) is 0 Å². The molecular weight excluding hydrogens is 311 g/mol. The second kappa shape index (κ2) is 7.17. The Kier molecular flexibility index (Phi) is 5.27. The van der Waals surface area contributed by atoms with Gasteiger partial charge in [0.25, 0.3) is 0 Å². The average Bonchev–Trinajstić information content (AvgIpc) is 2.51. The van der Waals surface area contributed by atoms with E-state index in [4.69, 9.17) is 0 Å². The topological polar surface area (TPSA) is 29.1 Å². The molecule has 22 heavy (non-hydrogen) atoms. The van der Waals surface area contributed by atoms with Crippen LogP contribution in [0.2, 0.25) is 0 Å². The summed E-state index contributed by atoms with van der Waals surface area (Å²) in [6.45, 7) is 0. The summed E-state index contributed by atoms with van der Waals surface area (Å²) in [5.74, 6) is -4.21. The Labute approximate surface area is 130 Å². The molecule has 0 aliphatic rings. The van der Waals surface area contributed by atoms with Gasteiger partial charge in [-0.05, 0) is 30.0 Å². The van der Waals surface area contributed by atoms with Crippen LogP contribution in [0, 0.1) is 17.5 Å². The van der Waals surface area contributed by atoms with E-state index in [1.165, 1.54) is 12.2 Å². The first-order valence-corrected chi connectivity index (χ1v) is 7.49. The quantitative estimate of drug-likeness (QED) is 0.511. The van der Waals surface area contributed by atoms with Gasteiger partial charge >= 0.3 is 0 Å². The Morgan fingerprint density at radius 3 is 2.32 bits per heavy atom. The second-order valence-electron chi connectivity index (χ2n) is 4.34. The molecule has 0 bridgehead atoms. The SMILES string of the molecule is CSc1ccc(/C=C/C(=O)Nc2cc(F)c(F)cc2F)cc1. The lowest BCUT2D eigenvalue weighted by Gasteiger charge is -2.04. The lowest BCUT2D eigenvalue weighted by molar-refractivity contribution is -0.111. The fraction of sp³-hybridized carbons (Fsp3) is 0.0625. The second-order valence-corrected chi connectivity index (χ2v) is 5.22. The van der Waals surface area contributed by atoms with E-state index in [0.29, 0.717) is 12.1 Å². The average molecular weight is 323 g/mol. The lowest BCUT2D eigenvalue weighted by atomic mass is 10.2. The van der Waals surface area contributed by atoms with Crippen molar-refractivity contribution in [2.75, 3.05) is 11.6 Å². The highest BCUT2D eigenvalue weighted by Gasteiger charge is 2.10. The summed E-state index contributed by atoms with van der Waals surface area (Å²) in [7, 11) is 0. The molecule has 0 radical (unpaired) electrons. The third kappa shape index (κ3) is 4.14. The fourth-order valence-electron chi connectivity index (χ4n) is 1.68. The van der Waals surface area contributed by atoms with Gasteiger partial charge in [0.1, 0.15) is 5.82 Å². The van der Waals surface area contributed by atoms with Gasteiger partial charge in [0, 0.05) is 23.1 Å². The molecule has 0 spiro atoms. The van der Waals surface area contributed by atoms with E-state index in [-0.39, 0.29) is 0 Å². The van der Waals surface area contributed by atoms with Crippen molar-refractivity contribution in [2.24, 2.45) is 0 Å². The molecular formula is C16H12F3NOS. The normalized spacial score (nSPS) is 10.9. The minimum Gasteiger partial charge on any atom is -0.320 e. The lowest BCUT2D eigenvalue weighted by Crippen LogP contribution is -2.10. The number of hydrogen-bond donors (Lipinski definition) is 1. The maximum absolute atomic E-state index is 13.4. The van der Waals surface area contributed by atoms with Crippen molar-refractivity contribution in [3.8, 4) is 0 Å². The van der Waals surface area contributed by atoms with Crippen molar-refractivity contribution in [1.82, 2.24) is 0 Å². The van der Waals surface area contributed by atoms with Crippen molar-refractivity contribution in [3.05, 3.63) is 65.5 Å². The van der Waals surface area contributed by atoms with Gasteiger partial charge in [0.15, 0.2) is 11.6 Å². The van der Waals surface area contributed by atoms with E-state index in [9.17, 15) is 18.0 Å². The van der Waals surface area contributed by atoms with Crippen LogP contribution in [0.1, 0.15) is 5.56 Å². The summed E-state index contributed by atoms with van der Waals surface area (Å²) in [6.07, 6.45) is 4.68. The molecule has 0 saturated heterocycles. The van der Waals surface area contributed by atoms with Crippen molar-refractivity contribution in [2.45, 2.75) is 4.90 Å². The molecule has 2 rings (SSSR count). The minimum absolute atomic E-state index is 0.385. The molecule has 0 saturated carbocycles. The van der Waals surface area contributed by atoms with E-state index < -0.39 is 29.0 Å². The van der Waals surface area contributed by atoms with Crippen LogP contribution in [0.15, 0.2) is 47.4 Å². The van der Waals surface area contributed by atoms with Gasteiger partial charge in [0.05, 0.1) is 5.69 Å². The zero-order chi connectivity index (χ0) is 16.1. The molecule has 0 atom stereocenters. The number of anilines is 1. The highest BCUT2D eigenvalue weighted by Crippen LogP contribution is 2.19. The van der Waals surface area contributed by atoms with E-state index in [1.54, 1.807) is 11.8 Å². The van der Waals surface area contributed by atoms with Crippen molar-refractivity contribution in [1.29, 1.82) is 0 Å². The van der Waals surface area contributed by atoms with E-state index >= 15 is 0 Å². The van der Waals surface area contributed by atoms with Crippen LogP contribution in [0.25, 0.3) is 6.08 Å². The molecule has 0 unspecified atom stereocenters. The first-order chi connectivity index (χ1) is 10.5. The van der Waals surface area contributed by atoms with Crippen LogP contribution in [0.4, 0.5) is 18.9 Å². The number of carbonyl (C=O) groups is 1. The zero-order valence-electron chi connectivity index (χ0n) is 11.6. The van der Waals surface area contributed by atoms with E-state index in [2.05, 4.69) is 5.32 Å². The van der Waals surface area contributed by atoms with Crippen LogP contribution in [-0.2, 0) is 4.79 Å². The Balaban J connectivity index is 2.06. The monoisotopic (exact) mass is 323 g/mol. The summed E-state index contributed by atoms with van der Waals surface area (Å²) in [5, 5.41) is 2.16. The molecule has 0 aromatic heterocycles. The largest absolute Gasteiger partial charge is 0.320 e. The third-order valence-electron chi connectivity index (χ3n) is 2.81. The van der Waals surface area contributed by atoms with Crippen LogP contribution in [0.5, 0.6) is 0 Å². The number of rotatable bonds is 4. The van der Waals surface area contributed by atoms with Gasteiger partial charge in [-0.25, -0.2) is 13.2 Å². The number of amides is 1. The summed E-state index contributed by atoms with van der Waals surface area (Å²) >= 11 is 1.60. The first kappa shape index (κ1) is 16.2. The molecule has 1 N–H and O–H groups in total. The number of nitrogens with one attached hydrogen (secondary N) is 1. The van der Waals surface area contributed by atoms with Crippen LogP contribution in [0.3, 0.4) is 0 Å². The fourth-order valence-corrected chi connectivity index (χ4v) is 2.09.